The van der Waals surface area contributed by atoms with Gasteiger partial charge in [-0.15, -0.1) is 0 Å². The molecular weight excluding hydrogens is 324 g/mol. The predicted molar refractivity (Wildman–Crippen MR) is 95.8 cm³/mol. The third-order valence-electron chi connectivity index (χ3n) is 7.06. The maximum atomic E-state index is 13.8. The molecule has 4 aliphatic rings. The summed E-state index contributed by atoms with van der Waals surface area (Å²) in [7, 11) is -0.796. The van der Waals surface area contributed by atoms with Crippen molar-refractivity contribution in [3.8, 4) is 0 Å². The minimum Gasteiger partial charge on any atom is -0.379 e. The van der Waals surface area contributed by atoms with Gasteiger partial charge in [0, 0.05) is 49.1 Å². The quantitative estimate of drug-likeness (QED) is 0.745. The van der Waals surface area contributed by atoms with E-state index in [1.807, 2.05) is 0 Å². The van der Waals surface area contributed by atoms with E-state index in [2.05, 4.69) is 23.6 Å². The molecule has 0 aromatic heterocycles. The normalized spacial score (nSPS) is 48.3. The fraction of sp³-hybridized carbons (Fsp3) is 1.00. The number of hydrogen-bond acceptors (Lipinski definition) is 5. The highest BCUT2D eigenvalue weighted by molar-refractivity contribution is 7.88. The molecule has 0 amide bonds. The van der Waals surface area contributed by atoms with E-state index >= 15 is 0 Å². The van der Waals surface area contributed by atoms with Crippen molar-refractivity contribution in [2.45, 2.75) is 61.1 Å². The molecule has 0 spiro atoms. The Kier molecular flexibility index (Phi) is 4.80. The average Bonchev–Trinajstić information content (AvgIpc) is 2.61. The van der Waals surface area contributed by atoms with Gasteiger partial charge in [0.1, 0.15) is 0 Å². The van der Waals surface area contributed by atoms with E-state index in [1.54, 1.807) is 0 Å². The van der Waals surface area contributed by atoms with Gasteiger partial charge in [-0.25, -0.2) is 0 Å². The lowest BCUT2D eigenvalue weighted by molar-refractivity contribution is -0.0211. The van der Waals surface area contributed by atoms with Crippen LogP contribution in [-0.2, 0) is 20.3 Å². The van der Waals surface area contributed by atoms with Crippen molar-refractivity contribution in [3.63, 3.8) is 0 Å². The van der Waals surface area contributed by atoms with Crippen molar-refractivity contribution in [2.24, 2.45) is 0 Å². The first kappa shape index (κ1) is 17.4. The van der Waals surface area contributed by atoms with Crippen LogP contribution < -0.4 is 0 Å². The molecule has 0 aliphatic carbocycles. The molecule has 4 atom stereocenters. The third-order valence-corrected chi connectivity index (χ3v) is 9.70. The van der Waals surface area contributed by atoms with Crippen LogP contribution in [-0.4, -0.2) is 88.2 Å². The Morgan fingerprint density at radius 2 is 1.17 bits per heavy atom. The number of fused-ring (bicyclic) bond motifs is 2. The smallest absolute Gasteiger partial charge is 0.0594 e. The van der Waals surface area contributed by atoms with Crippen molar-refractivity contribution in [1.82, 2.24) is 9.80 Å². The highest BCUT2D eigenvalue weighted by Gasteiger charge is 2.60. The van der Waals surface area contributed by atoms with Gasteiger partial charge in [-0.1, -0.05) is 0 Å². The molecule has 4 rings (SSSR count). The number of hydrogen-bond donors (Lipinski definition) is 0. The summed E-state index contributed by atoms with van der Waals surface area (Å²) in [5.74, 6) is 0. The van der Waals surface area contributed by atoms with E-state index in [4.69, 9.17) is 9.47 Å². The molecule has 6 heteroatoms. The number of ether oxygens (including phenoxy) is 2. The Labute approximate surface area is 148 Å². The number of morpholine rings is 2. The van der Waals surface area contributed by atoms with E-state index in [0.29, 0.717) is 12.1 Å². The van der Waals surface area contributed by atoms with Gasteiger partial charge in [0.15, 0.2) is 0 Å². The zero-order valence-electron chi connectivity index (χ0n) is 15.2. The summed E-state index contributed by atoms with van der Waals surface area (Å²) in [5.41, 5.74) is 0. The molecule has 0 N–H and O–H groups in total. The van der Waals surface area contributed by atoms with E-state index in [9.17, 15) is 4.21 Å². The monoisotopic (exact) mass is 356 g/mol. The van der Waals surface area contributed by atoms with Crippen LogP contribution in [0.5, 0.6) is 0 Å². The first-order valence-electron chi connectivity index (χ1n) is 9.61. The Hall–Kier alpha value is -0.0100. The van der Waals surface area contributed by atoms with Crippen LogP contribution in [0.4, 0.5) is 0 Å². The molecule has 4 saturated heterocycles. The molecule has 4 unspecified atom stereocenters. The molecule has 4 fully saturated rings. The van der Waals surface area contributed by atoms with E-state index < -0.39 is 10.8 Å². The topological polar surface area (TPSA) is 42.0 Å². The summed E-state index contributed by atoms with van der Waals surface area (Å²) in [6.45, 7) is 11.9. The van der Waals surface area contributed by atoms with Gasteiger partial charge in [0.05, 0.1) is 35.9 Å². The lowest BCUT2D eigenvalue weighted by atomic mass is 9.77. The minimum atomic E-state index is -0.796. The van der Waals surface area contributed by atoms with Gasteiger partial charge in [-0.05, 0) is 39.5 Å². The molecule has 2 bridgehead atoms. The van der Waals surface area contributed by atoms with Gasteiger partial charge < -0.3 is 9.47 Å². The van der Waals surface area contributed by atoms with Crippen molar-refractivity contribution in [3.05, 3.63) is 0 Å². The third kappa shape index (κ3) is 2.69. The van der Waals surface area contributed by atoms with Gasteiger partial charge in [-0.2, -0.15) is 0 Å². The van der Waals surface area contributed by atoms with E-state index in [-0.39, 0.29) is 9.49 Å². The summed E-state index contributed by atoms with van der Waals surface area (Å²) in [6.07, 6.45) is 4.53. The molecule has 0 aromatic rings. The predicted octanol–water partition coefficient (Wildman–Crippen LogP) is 1.24. The van der Waals surface area contributed by atoms with Gasteiger partial charge >= 0.3 is 0 Å². The molecule has 4 heterocycles. The Bertz CT molecular complexity index is 451. The molecule has 4 aliphatic heterocycles. The van der Waals surface area contributed by atoms with E-state index in [1.165, 1.54) is 12.8 Å². The van der Waals surface area contributed by atoms with Gasteiger partial charge in [0.2, 0.25) is 0 Å². The minimum absolute atomic E-state index is 0.0624. The van der Waals surface area contributed by atoms with E-state index in [0.717, 1.165) is 65.4 Å². The second-order valence-electron chi connectivity index (χ2n) is 8.30. The van der Waals surface area contributed by atoms with Crippen molar-refractivity contribution >= 4 is 10.8 Å². The summed E-state index contributed by atoms with van der Waals surface area (Å²) in [5, 5.41) is 0. The summed E-state index contributed by atoms with van der Waals surface area (Å²) < 4.78 is 24.7. The summed E-state index contributed by atoms with van der Waals surface area (Å²) >= 11 is 0. The SMILES string of the molecule is CC12CCC(N3CCOCC3)C(C)(CCC1N1CCOCC1)S2=O. The Balaban J connectivity index is 1.56. The van der Waals surface area contributed by atoms with Crippen LogP contribution in [0.3, 0.4) is 0 Å². The highest BCUT2D eigenvalue weighted by atomic mass is 32.2. The fourth-order valence-corrected chi connectivity index (χ4v) is 8.37. The van der Waals surface area contributed by atoms with Crippen LogP contribution in [0.2, 0.25) is 0 Å². The van der Waals surface area contributed by atoms with Gasteiger partial charge in [-0.3, -0.25) is 14.0 Å². The first-order chi connectivity index (χ1) is 11.6. The second-order valence-corrected chi connectivity index (χ2v) is 10.7. The lowest BCUT2D eigenvalue weighted by Gasteiger charge is -2.60. The highest BCUT2D eigenvalue weighted by Crippen LogP contribution is 2.51. The lowest BCUT2D eigenvalue weighted by Crippen LogP contribution is -2.71. The fourth-order valence-electron chi connectivity index (χ4n) is 5.67. The molecule has 138 valence electrons. The molecule has 0 radical (unpaired) electrons. The molecule has 0 saturated carbocycles. The summed E-state index contributed by atoms with van der Waals surface area (Å²) in [4.78, 5) is 5.13. The zero-order chi connectivity index (χ0) is 16.8. The maximum Gasteiger partial charge on any atom is 0.0594 e. The average molecular weight is 357 g/mol. The second kappa shape index (κ2) is 6.62. The zero-order valence-corrected chi connectivity index (χ0v) is 16.0. The summed E-state index contributed by atoms with van der Waals surface area (Å²) in [6, 6.07) is 0.918. The van der Waals surface area contributed by atoms with Crippen molar-refractivity contribution in [2.75, 3.05) is 52.6 Å². The Morgan fingerprint density at radius 3 is 1.54 bits per heavy atom. The maximum absolute atomic E-state index is 13.8. The van der Waals surface area contributed by atoms with Crippen LogP contribution in [0.25, 0.3) is 0 Å². The first-order valence-corrected chi connectivity index (χ1v) is 10.8. The number of rotatable bonds is 2. The Morgan fingerprint density at radius 1 is 0.792 bits per heavy atom. The van der Waals surface area contributed by atoms with Crippen molar-refractivity contribution in [1.29, 1.82) is 0 Å². The van der Waals surface area contributed by atoms with Gasteiger partial charge in [0.25, 0.3) is 0 Å². The van der Waals surface area contributed by atoms with Crippen LogP contribution in [0.1, 0.15) is 39.5 Å². The molecular formula is C18H32N2O3S. The molecule has 24 heavy (non-hydrogen) atoms. The largest absolute Gasteiger partial charge is 0.379 e. The van der Waals surface area contributed by atoms with Crippen LogP contribution in [0, 0.1) is 0 Å². The van der Waals surface area contributed by atoms with Crippen molar-refractivity contribution < 1.29 is 13.7 Å². The van der Waals surface area contributed by atoms with Crippen LogP contribution >= 0.6 is 0 Å². The number of nitrogens with zero attached hydrogens (tertiary/aromatic N) is 2. The molecule has 5 nitrogen and oxygen atoms in total. The standard InChI is InChI=1S/C18H32N2O3S/c1-17-5-3-16(20-9-13-23-14-10-20)18(2,24(17)21)6-4-15(17)19-7-11-22-12-8-19/h15-16H,3-14H2,1-2H3. The molecule has 0 aromatic carbocycles. The van der Waals surface area contributed by atoms with Crippen LogP contribution in [0.15, 0.2) is 0 Å².